The Morgan fingerprint density at radius 1 is 0.263 bits per heavy atom. The number of fused-ring (bicyclic) bond motifs is 6. The lowest BCUT2D eigenvalue weighted by Gasteiger charge is -2.17. The molecule has 76 heavy (non-hydrogen) atoms. The van der Waals surface area contributed by atoms with Gasteiger partial charge in [-0.15, -0.1) is 0 Å². The van der Waals surface area contributed by atoms with E-state index in [1.807, 2.05) is 140 Å². The lowest BCUT2D eigenvalue weighted by atomic mass is 9.98. The summed E-state index contributed by atoms with van der Waals surface area (Å²) in [6.07, 6.45) is 0. The maximum Gasteiger partial charge on any atom is 0.166 e. The summed E-state index contributed by atoms with van der Waals surface area (Å²) >= 11 is 0. The fourth-order valence-corrected chi connectivity index (χ4v) is 10.5. The SMILES string of the molecule is N#Cc1ccc(-n2c3ccccc3c3cc(-c4cc(-c5nc(-c6ccccc6)nc(-c6ccccc6)n5)ccc4-n4c5ccccc5c5ccccc54)ccc32)c(-c2nc(-c3ccccc3)nc(-c3ccccc3)n2)c1. The minimum absolute atomic E-state index is 0.458. The highest BCUT2D eigenvalue weighted by atomic mass is 15.1. The van der Waals surface area contributed by atoms with Crippen LogP contribution in [0, 0.1) is 11.3 Å². The van der Waals surface area contributed by atoms with Gasteiger partial charge in [-0.1, -0.05) is 182 Å². The molecule has 9 nitrogen and oxygen atoms in total. The van der Waals surface area contributed by atoms with Gasteiger partial charge in [-0.2, -0.15) is 5.26 Å². The van der Waals surface area contributed by atoms with Crippen molar-refractivity contribution in [3.63, 3.8) is 0 Å². The van der Waals surface area contributed by atoms with Gasteiger partial charge in [0.25, 0.3) is 0 Å². The summed E-state index contributed by atoms with van der Waals surface area (Å²) in [4.78, 5) is 30.7. The molecule has 0 amide bonds. The second-order valence-electron chi connectivity index (χ2n) is 18.6. The monoisotopic (exact) mass is 971 g/mol. The number of hydrogen-bond acceptors (Lipinski definition) is 7. The Morgan fingerprint density at radius 3 is 1.08 bits per heavy atom. The standard InChI is InChI=1S/C67H41N9/c68-42-43-33-36-61(55(39-43)67-73-64(46-23-9-3-10-24-46)70-65(74-67)47-25-11-4-12-26-47)76-58-32-18-15-29-52(58)54-40-48(34-37-60(54)76)53-41-49(35-38-59(53)75-56-30-16-13-27-50(56)51-28-14-17-31-57(51)75)66-71-62(44-19-5-1-6-20-44)69-63(72-66)45-21-7-2-8-22-45/h1-41H. The molecule has 10 aromatic carbocycles. The fourth-order valence-electron chi connectivity index (χ4n) is 10.5. The second kappa shape index (κ2) is 18.4. The van der Waals surface area contributed by atoms with Gasteiger partial charge in [-0.25, -0.2) is 29.9 Å². The van der Waals surface area contributed by atoms with Crippen molar-refractivity contribution in [1.29, 1.82) is 5.26 Å². The van der Waals surface area contributed by atoms with Crippen LogP contribution in [0.4, 0.5) is 0 Å². The molecular formula is C67H41N9. The summed E-state index contributed by atoms with van der Waals surface area (Å²) < 4.78 is 4.64. The van der Waals surface area contributed by atoms with Crippen molar-refractivity contribution in [3.05, 3.63) is 254 Å². The third-order valence-corrected chi connectivity index (χ3v) is 14.1. The van der Waals surface area contributed by atoms with E-state index in [0.717, 1.165) is 83.2 Å². The normalized spacial score (nSPS) is 11.4. The van der Waals surface area contributed by atoms with Crippen molar-refractivity contribution < 1.29 is 0 Å². The smallest absolute Gasteiger partial charge is 0.166 e. The highest BCUT2D eigenvalue weighted by molar-refractivity contribution is 6.12. The molecule has 14 aromatic rings. The number of benzene rings is 10. The van der Waals surface area contributed by atoms with Crippen LogP contribution in [0.25, 0.3) is 134 Å². The van der Waals surface area contributed by atoms with Crippen molar-refractivity contribution in [2.24, 2.45) is 0 Å². The first kappa shape index (κ1) is 44.0. The maximum atomic E-state index is 10.4. The molecule has 0 bridgehead atoms. The van der Waals surface area contributed by atoms with Crippen LogP contribution < -0.4 is 0 Å². The van der Waals surface area contributed by atoms with Crippen LogP contribution in [-0.4, -0.2) is 39.0 Å². The first-order valence-electron chi connectivity index (χ1n) is 25.1. The summed E-state index contributed by atoms with van der Waals surface area (Å²) in [5.41, 5.74) is 13.6. The average molecular weight is 972 g/mol. The molecule has 0 fully saturated rings. The lowest BCUT2D eigenvalue weighted by Crippen LogP contribution is -2.04. The number of nitriles is 1. The van der Waals surface area contributed by atoms with Gasteiger partial charge >= 0.3 is 0 Å². The van der Waals surface area contributed by atoms with Crippen molar-refractivity contribution >= 4 is 43.6 Å². The summed E-state index contributed by atoms with van der Waals surface area (Å²) in [5, 5.41) is 14.8. The van der Waals surface area contributed by atoms with E-state index in [0.29, 0.717) is 46.1 Å². The Labute approximate surface area is 437 Å². The van der Waals surface area contributed by atoms with Crippen molar-refractivity contribution in [2.45, 2.75) is 0 Å². The number of hydrogen-bond donors (Lipinski definition) is 0. The number of aromatic nitrogens is 8. The molecule has 0 aliphatic carbocycles. The van der Waals surface area contributed by atoms with E-state index in [4.69, 9.17) is 29.9 Å². The highest BCUT2D eigenvalue weighted by Crippen LogP contribution is 2.42. The molecule has 0 aliphatic rings. The molecule has 0 N–H and O–H groups in total. The molecule has 4 heterocycles. The van der Waals surface area contributed by atoms with Gasteiger partial charge in [-0.3, -0.25) is 0 Å². The van der Waals surface area contributed by atoms with Crippen molar-refractivity contribution in [3.8, 4) is 96.9 Å². The van der Waals surface area contributed by atoms with Crippen LogP contribution in [0.15, 0.2) is 249 Å². The van der Waals surface area contributed by atoms with Gasteiger partial charge < -0.3 is 9.13 Å². The van der Waals surface area contributed by atoms with E-state index in [1.165, 1.54) is 10.8 Å². The quantitative estimate of drug-likeness (QED) is 0.142. The van der Waals surface area contributed by atoms with Gasteiger partial charge in [0.05, 0.1) is 45.1 Å². The molecule has 9 heteroatoms. The number of nitrogens with zero attached hydrogens (tertiary/aromatic N) is 9. The third-order valence-electron chi connectivity index (χ3n) is 14.1. The summed E-state index contributed by atoms with van der Waals surface area (Å²) in [6, 6.07) is 87.1. The lowest BCUT2D eigenvalue weighted by molar-refractivity contribution is 1.06. The first-order valence-corrected chi connectivity index (χ1v) is 25.1. The molecule has 0 radical (unpaired) electrons. The molecule has 0 saturated heterocycles. The van der Waals surface area contributed by atoms with Gasteiger partial charge in [0.2, 0.25) is 0 Å². The van der Waals surface area contributed by atoms with Gasteiger partial charge in [0.1, 0.15) is 0 Å². The Hall–Kier alpha value is -10.7. The minimum atomic E-state index is 0.458. The zero-order valence-electron chi connectivity index (χ0n) is 40.7. The Balaban J connectivity index is 1.00. The van der Waals surface area contributed by atoms with E-state index in [2.05, 4.69) is 124 Å². The fraction of sp³-hybridized carbons (Fsp3) is 0. The molecule has 0 saturated carbocycles. The predicted molar refractivity (Wildman–Crippen MR) is 305 cm³/mol. The van der Waals surface area contributed by atoms with E-state index in [9.17, 15) is 5.26 Å². The molecule has 0 aliphatic heterocycles. The molecule has 0 unspecified atom stereocenters. The summed E-state index contributed by atoms with van der Waals surface area (Å²) in [6.45, 7) is 0. The van der Waals surface area contributed by atoms with Gasteiger partial charge in [0, 0.05) is 60.5 Å². The maximum absolute atomic E-state index is 10.4. The third kappa shape index (κ3) is 7.65. The highest BCUT2D eigenvalue weighted by Gasteiger charge is 2.23. The van der Waals surface area contributed by atoms with Gasteiger partial charge in [0.15, 0.2) is 34.9 Å². The summed E-state index contributed by atoms with van der Waals surface area (Å²) in [5.74, 6) is 3.29. The Morgan fingerprint density at radius 2 is 0.618 bits per heavy atom. The topological polar surface area (TPSA) is 111 Å². The van der Waals surface area contributed by atoms with Gasteiger partial charge in [-0.05, 0) is 72.3 Å². The number of rotatable bonds is 9. The van der Waals surface area contributed by atoms with Crippen LogP contribution in [0.3, 0.4) is 0 Å². The molecule has 0 atom stereocenters. The van der Waals surface area contributed by atoms with Crippen LogP contribution >= 0.6 is 0 Å². The average Bonchev–Trinajstić information content (AvgIpc) is 4.11. The van der Waals surface area contributed by atoms with E-state index < -0.39 is 0 Å². The predicted octanol–water partition coefficient (Wildman–Crippen LogP) is 15.8. The second-order valence-corrected chi connectivity index (χ2v) is 18.6. The van der Waals surface area contributed by atoms with E-state index >= 15 is 0 Å². The largest absolute Gasteiger partial charge is 0.309 e. The zero-order chi connectivity index (χ0) is 50.5. The first-order chi connectivity index (χ1) is 37.6. The van der Waals surface area contributed by atoms with E-state index in [-0.39, 0.29) is 0 Å². The Kier molecular flexibility index (Phi) is 10.7. The molecule has 354 valence electrons. The molecular weight excluding hydrogens is 931 g/mol. The minimum Gasteiger partial charge on any atom is -0.309 e. The Bertz CT molecular complexity index is 4410. The number of para-hydroxylation sites is 3. The van der Waals surface area contributed by atoms with Crippen LogP contribution in [0.2, 0.25) is 0 Å². The van der Waals surface area contributed by atoms with Crippen molar-refractivity contribution in [2.75, 3.05) is 0 Å². The van der Waals surface area contributed by atoms with E-state index in [1.54, 1.807) is 0 Å². The summed E-state index contributed by atoms with van der Waals surface area (Å²) in [7, 11) is 0. The molecule has 4 aromatic heterocycles. The van der Waals surface area contributed by atoms with Crippen LogP contribution in [-0.2, 0) is 0 Å². The van der Waals surface area contributed by atoms with Crippen LogP contribution in [0.5, 0.6) is 0 Å². The molecule has 14 rings (SSSR count). The van der Waals surface area contributed by atoms with Crippen LogP contribution in [0.1, 0.15) is 5.56 Å². The van der Waals surface area contributed by atoms with Crippen molar-refractivity contribution in [1.82, 2.24) is 39.0 Å². The molecule has 0 spiro atoms. The zero-order valence-corrected chi connectivity index (χ0v) is 40.7.